The predicted octanol–water partition coefficient (Wildman–Crippen LogP) is 3.82. The molecule has 1 aromatic carbocycles. The molecule has 0 spiro atoms. The summed E-state index contributed by atoms with van der Waals surface area (Å²) in [5, 5.41) is 3.33. The fraction of sp³-hybridized carbons (Fsp3) is 0.312. The van der Waals surface area contributed by atoms with Gasteiger partial charge in [-0.1, -0.05) is 6.92 Å². The molecular formula is C16H19FN2O. The van der Waals surface area contributed by atoms with E-state index in [9.17, 15) is 4.39 Å². The normalized spacial score (nSPS) is 10.6. The summed E-state index contributed by atoms with van der Waals surface area (Å²) in [4.78, 5) is 4.29. The number of nitrogens with one attached hydrogen (secondary N) is 1. The Kier molecular flexibility index (Phi) is 5.07. The molecule has 0 aliphatic heterocycles. The summed E-state index contributed by atoms with van der Waals surface area (Å²) in [5.74, 6) is 1.11. The minimum Gasteiger partial charge on any atom is -0.457 e. The number of aryl methyl sites for hydroxylation is 1. The molecule has 0 fully saturated rings. The van der Waals surface area contributed by atoms with Crippen molar-refractivity contribution in [1.82, 2.24) is 10.3 Å². The van der Waals surface area contributed by atoms with E-state index in [1.165, 1.54) is 12.1 Å². The first-order valence-corrected chi connectivity index (χ1v) is 6.78. The number of hydrogen-bond donors (Lipinski definition) is 1. The second-order valence-corrected chi connectivity index (χ2v) is 4.67. The molecule has 2 rings (SSSR count). The molecule has 20 heavy (non-hydrogen) atoms. The van der Waals surface area contributed by atoms with E-state index in [1.807, 2.05) is 19.2 Å². The Hall–Kier alpha value is -1.94. The van der Waals surface area contributed by atoms with E-state index in [0.717, 1.165) is 30.0 Å². The van der Waals surface area contributed by atoms with Gasteiger partial charge in [-0.3, -0.25) is 4.98 Å². The van der Waals surface area contributed by atoms with E-state index >= 15 is 0 Å². The summed E-state index contributed by atoms with van der Waals surface area (Å²) in [5.41, 5.74) is 1.88. The summed E-state index contributed by atoms with van der Waals surface area (Å²) < 4.78 is 18.7. The van der Waals surface area contributed by atoms with Crippen LogP contribution >= 0.6 is 0 Å². The number of rotatable bonds is 6. The molecule has 2 aromatic rings. The van der Waals surface area contributed by atoms with E-state index in [1.54, 1.807) is 12.1 Å². The Morgan fingerprint density at radius 3 is 2.70 bits per heavy atom. The molecular weight excluding hydrogens is 255 g/mol. The van der Waals surface area contributed by atoms with E-state index < -0.39 is 0 Å². The molecule has 3 nitrogen and oxygen atoms in total. The number of hydrogen-bond acceptors (Lipinski definition) is 3. The van der Waals surface area contributed by atoms with Crippen LogP contribution in [0.25, 0.3) is 0 Å². The maximum atomic E-state index is 12.9. The highest BCUT2D eigenvalue weighted by atomic mass is 19.1. The van der Waals surface area contributed by atoms with Crippen LogP contribution in [0.1, 0.15) is 24.6 Å². The fourth-order valence-electron chi connectivity index (χ4n) is 1.82. The lowest BCUT2D eigenvalue weighted by atomic mass is 10.2. The average molecular weight is 274 g/mol. The Bertz CT molecular complexity index is 555. The van der Waals surface area contributed by atoms with Crippen molar-refractivity contribution < 1.29 is 9.13 Å². The second kappa shape index (κ2) is 7.01. The van der Waals surface area contributed by atoms with Gasteiger partial charge in [0.25, 0.3) is 0 Å². The lowest BCUT2D eigenvalue weighted by molar-refractivity contribution is 0.469. The molecule has 4 heteroatoms. The molecule has 1 heterocycles. The highest BCUT2D eigenvalue weighted by Crippen LogP contribution is 2.25. The number of halogens is 1. The summed E-state index contributed by atoms with van der Waals surface area (Å²) in [6.45, 7) is 5.69. The largest absolute Gasteiger partial charge is 0.457 e. The smallest absolute Gasteiger partial charge is 0.135 e. The quantitative estimate of drug-likeness (QED) is 0.813. The Morgan fingerprint density at radius 2 is 2.00 bits per heavy atom. The Morgan fingerprint density at radius 1 is 1.25 bits per heavy atom. The molecule has 0 atom stereocenters. The van der Waals surface area contributed by atoms with E-state index in [2.05, 4.69) is 17.2 Å². The van der Waals surface area contributed by atoms with Gasteiger partial charge in [-0.15, -0.1) is 0 Å². The van der Waals surface area contributed by atoms with Crippen molar-refractivity contribution in [2.24, 2.45) is 0 Å². The molecule has 1 N–H and O–H groups in total. The third kappa shape index (κ3) is 4.03. The van der Waals surface area contributed by atoms with Crippen molar-refractivity contribution in [1.29, 1.82) is 0 Å². The van der Waals surface area contributed by atoms with Crippen molar-refractivity contribution in [3.8, 4) is 11.5 Å². The molecule has 0 saturated heterocycles. The maximum absolute atomic E-state index is 12.9. The molecule has 0 saturated carbocycles. The first-order valence-electron chi connectivity index (χ1n) is 6.78. The van der Waals surface area contributed by atoms with Gasteiger partial charge >= 0.3 is 0 Å². The first kappa shape index (κ1) is 14.5. The van der Waals surface area contributed by atoms with Crippen molar-refractivity contribution in [3.05, 3.63) is 53.6 Å². The van der Waals surface area contributed by atoms with Crippen LogP contribution in [0.2, 0.25) is 0 Å². The van der Waals surface area contributed by atoms with Crippen LogP contribution in [0.15, 0.2) is 36.5 Å². The van der Waals surface area contributed by atoms with Gasteiger partial charge in [0.05, 0.1) is 0 Å². The van der Waals surface area contributed by atoms with Gasteiger partial charge in [0.1, 0.15) is 17.3 Å². The van der Waals surface area contributed by atoms with Gasteiger partial charge in [0, 0.05) is 30.1 Å². The van der Waals surface area contributed by atoms with Gasteiger partial charge in [-0.05, 0) is 44.2 Å². The highest BCUT2D eigenvalue weighted by molar-refractivity contribution is 5.37. The molecule has 1 aromatic heterocycles. The second-order valence-electron chi connectivity index (χ2n) is 4.67. The minimum atomic E-state index is -0.270. The lowest BCUT2D eigenvalue weighted by Gasteiger charge is -2.12. The summed E-state index contributed by atoms with van der Waals surface area (Å²) in [6, 6.07) is 7.91. The highest BCUT2D eigenvalue weighted by Gasteiger charge is 2.06. The monoisotopic (exact) mass is 274 g/mol. The zero-order valence-corrected chi connectivity index (χ0v) is 11.8. The molecule has 0 amide bonds. The first-order chi connectivity index (χ1) is 9.69. The SMILES string of the molecule is CCCNCc1cnc(C)cc1Oc1ccc(F)cc1. The van der Waals surface area contributed by atoms with Crippen molar-refractivity contribution in [3.63, 3.8) is 0 Å². The van der Waals surface area contributed by atoms with Gasteiger partial charge in [0.15, 0.2) is 0 Å². The fourth-order valence-corrected chi connectivity index (χ4v) is 1.82. The van der Waals surface area contributed by atoms with Gasteiger partial charge in [-0.25, -0.2) is 4.39 Å². The minimum absolute atomic E-state index is 0.270. The van der Waals surface area contributed by atoms with Crippen molar-refractivity contribution in [2.75, 3.05) is 6.54 Å². The third-order valence-electron chi connectivity index (χ3n) is 2.86. The molecule has 0 bridgehead atoms. The number of ether oxygens (including phenoxy) is 1. The average Bonchev–Trinajstić information content (AvgIpc) is 2.44. The topological polar surface area (TPSA) is 34.2 Å². The predicted molar refractivity (Wildman–Crippen MR) is 77.4 cm³/mol. The number of nitrogens with zero attached hydrogens (tertiary/aromatic N) is 1. The number of aromatic nitrogens is 1. The third-order valence-corrected chi connectivity index (χ3v) is 2.86. The van der Waals surface area contributed by atoms with Gasteiger partial charge in [-0.2, -0.15) is 0 Å². The zero-order chi connectivity index (χ0) is 14.4. The van der Waals surface area contributed by atoms with E-state index in [0.29, 0.717) is 12.3 Å². The molecule has 0 unspecified atom stereocenters. The van der Waals surface area contributed by atoms with Crippen molar-refractivity contribution >= 4 is 0 Å². The summed E-state index contributed by atoms with van der Waals surface area (Å²) >= 11 is 0. The van der Waals surface area contributed by atoms with Gasteiger partial charge in [0.2, 0.25) is 0 Å². The van der Waals surface area contributed by atoms with Crippen LogP contribution in [0, 0.1) is 12.7 Å². The Labute approximate surface area is 118 Å². The van der Waals surface area contributed by atoms with Crippen LogP contribution in [0.4, 0.5) is 4.39 Å². The number of benzene rings is 1. The van der Waals surface area contributed by atoms with E-state index in [4.69, 9.17) is 4.74 Å². The zero-order valence-electron chi connectivity index (χ0n) is 11.8. The summed E-state index contributed by atoms with van der Waals surface area (Å²) in [7, 11) is 0. The molecule has 106 valence electrons. The number of pyridine rings is 1. The van der Waals surface area contributed by atoms with Crippen LogP contribution in [-0.4, -0.2) is 11.5 Å². The van der Waals surface area contributed by atoms with Crippen LogP contribution in [0.3, 0.4) is 0 Å². The van der Waals surface area contributed by atoms with E-state index in [-0.39, 0.29) is 5.82 Å². The maximum Gasteiger partial charge on any atom is 0.135 e. The lowest BCUT2D eigenvalue weighted by Crippen LogP contribution is -2.14. The molecule has 0 aliphatic rings. The standard InChI is InChI=1S/C16H19FN2O/c1-3-8-18-10-13-11-19-12(2)9-16(13)20-15-6-4-14(17)5-7-15/h4-7,9,11,18H,3,8,10H2,1-2H3. The van der Waals surface area contributed by atoms with Crippen LogP contribution in [0.5, 0.6) is 11.5 Å². The molecule has 0 aliphatic carbocycles. The van der Waals surface area contributed by atoms with Crippen LogP contribution < -0.4 is 10.1 Å². The summed E-state index contributed by atoms with van der Waals surface area (Å²) in [6.07, 6.45) is 2.89. The Balaban J connectivity index is 2.15. The van der Waals surface area contributed by atoms with Crippen LogP contribution in [-0.2, 0) is 6.54 Å². The van der Waals surface area contributed by atoms with Crippen molar-refractivity contribution in [2.45, 2.75) is 26.8 Å². The van der Waals surface area contributed by atoms with Gasteiger partial charge < -0.3 is 10.1 Å². The molecule has 0 radical (unpaired) electrons.